The van der Waals surface area contributed by atoms with Gasteiger partial charge in [0.1, 0.15) is 0 Å². The average Bonchev–Trinajstić information content (AvgIpc) is 0.758. The van der Waals surface area contributed by atoms with Gasteiger partial charge in [-0.05, 0) is 181 Å². The molecule has 0 amide bonds. The summed E-state index contributed by atoms with van der Waals surface area (Å²) in [5.41, 5.74) is 15.0. The third kappa shape index (κ3) is 38.2. The molecule has 138 heavy (non-hydrogen) atoms. The molecule has 0 saturated carbocycles. The molecule has 0 N–H and O–H groups in total. The number of nitro groups is 3. The van der Waals surface area contributed by atoms with Crippen molar-refractivity contribution >= 4 is 70.6 Å². The number of anilines is 3. The second-order valence-electron chi connectivity index (χ2n) is 36.4. The zero-order valence-corrected chi connectivity index (χ0v) is 83.1. The average molecular weight is 1840 g/mol. The molecular formula is C126H144N6O6. The molecule has 10 rings (SSSR count). The van der Waals surface area contributed by atoms with Crippen molar-refractivity contribution in [3.8, 4) is 71.0 Å². The molecule has 0 unspecified atom stereocenters. The van der Waals surface area contributed by atoms with Crippen molar-refractivity contribution in [2.75, 3.05) is 54.0 Å². The number of nitro benzene ring substituents is 3. The number of hydrogen-bond donors (Lipinski definition) is 0. The fourth-order valence-electron chi connectivity index (χ4n) is 16.9. The van der Waals surface area contributed by atoms with Crippen LogP contribution < -0.4 is 14.7 Å². The number of unbranched alkanes of at least 4 members (excludes halogenated alkanes) is 30. The predicted octanol–water partition coefficient (Wildman–Crippen LogP) is 32.9. The highest BCUT2D eigenvalue weighted by Gasteiger charge is 2.22. The summed E-state index contributed by atoms with van der Waals surface area (Å²) < 4.78 is 0. The van der Waals surface area contributed by atoms with Gasteiger partial charge in [0.05, 0.1) is 48.2 Å². The van der Waals surface area contributed by atoms with Gasteiger partial charge in [-0.1, -0.05) is 414 Å². The molecule has 0 saturated heterocycles. The molecule has 0 radical (unpaired) electrons. The Morgan fingerprint density at radius 2 is 0.326 bits per heavy atom. The van der Waals surface area contributed by atoms with Crippen LogP contribution in [0.5, 0.6) is 0 Å². The molecule has 10 aromatic carbocycles. The number of hydrogen-bond acceptors (Lipinski definition) is 9. The summed E-state index contributed by atoms with van der Waals surface area (Å²) >= 11 is 0. The summed E-state index contributed by atoms with van der Waals surface area (Å²) in [4.78, 5) is 42.8. The normalized spacial score (nSPS) is 10.9. The van der Waals surface area contributed by atoms with Crippen LogP contribution in [-0.2, 0) is 0 Å². The highest BCUT2D eigenvalue weighted by atomic mass is 16.6. The van der Waals surface area contributed by atoms with Crippen molar-refractivity contribution in [2.24, 2.45) is 0 Å². The molecule has 0 aromatic heterocycles. The van der Waals surface area contributed by atoms with E-state index in [9.17, 15) is 30.3 Å². The number of nitrogens with zero attached hydrogens (tertiary/aromatic N) is 6. The molecule has 0 atom stereocenters. The van der Waals surface area contributed by atoms with Gasteiger partial charge in [-0.15, -0.1) is 0 Å². The first-order chi connectivity index (χ1) is 67.7. The molecular weight excluding hydrogens is 1690 g/mol. The maximum atomic E-state index is 12.1. The quantitative estimate of drug-likeness (QED) is 0.0120. The maximum absolute atomic E-state index is 12.1. The van der Waals surface area contributed by atoms with Crippen LogP contribution in [0.2, 0.25) is 0 Å². The van der Waals surface area contributed by atoms with Crippen LogP contribution in [0.25, 0.3) is 36.5 Å². The van der Waals surface area contributed by atoms with Crippen LogP contribution in [0, 0.1) is 101 Å². The summed E-state index contributed by atoms with van der Waals surface area (Å²) in [6.07, 6.45) is 58.2. The topological polar surface area (TPSA) is 139 Å². The summed E-state index contributed by atoms with van der Waals surface area (Å²) in [5, 5.41) is 36.4. The molecule has 10 aromatic rings. The molecule has 0 spiro atoms. The van der Waals surface area contributed by atoms with Gasteiger partial charge in [0.25, 0.3) is 17.1 Å². The largest absolute Gasteiger partial charge is 0.372 e. The zero-order chi connectivity index (χ0) is 97.2. The number of benzene rings is 10. The van der Waals surface area contributed by atoms with E-state index in [1.807, 2.05) is 72.8 Å². The lowest BCUT2D eigenvalue weighted by atomic mass is 9.86. The predicted molar refractivity (Wildman–Crippen MR) is 584 cm³/mol. The second-order valence-corrected chi connectivity index (χ2v) is 36.4. The Hall–Kier alpha value is -13.6. The maximum Gasteiger partial charge on any atom is 0.269 e. The van der Waals surface area contributed by atoms with E-state index in [0.717, 1.165) is 72.6 Å². The van der Waals surface area contributed by atoms with Gasteiger partial charge in [0, 0.05) is 126 Å². The van der Waals surface area contributed by atoms with E-state index in [1.54, 1.807) is 36.4 Å². The first-order valence-electron chi connectivity index (χ1n) is 51.7. The van der Waals surface area contributed by atoms with Crippen molar-refractivity contribution < 1.29 is 14.8 Å². The first-order valence-corrected chi connectivity index (χ1v) is 51.7. The van der Waals surface area contributed by atoms with Crippen LogP contribution in [0.4, 0.5) is 34.1 Å². The Labute approximate surface area is 826 Å². The van der Waals surface area contributed by atoms with Crippen molar-refractivity contribution in [1.29, 1.82) is 0 Å². The molecule has 0 fully saturated rings. The summed E-state index contributed by atoms with van der Waals surface area (Å²) in [7, 11) is 0. The molecule has 0 aliphatic rings. The van der Waals surface area contributed by atoms with Gasteiger partial charge in [0.15, 0.2) is 0 Å². The Balaban J connectivity index is 1.10. The van der Waals surface area contributed by atoms with Crippen molar-refractivity contribution in [3.63, 3.8) is 0 Å². The Morgan fingerprint density at radius 3 is 0.478 bits per heavy atom. The van der Waals surface area contributed by atoms with Gasteiger partial charge in [-0.3, -0.25) is 30.3 Å². The van der Waals surface area contributed by atoms with Crippen LogP contribution in [0.3, 0.4) is 0 Å². The lowest BCUT2D eigenvalue weighted by molar-refractivity contribution is -0.385. The molecule has 0 aliphatic heterocycles. The number of rotatable bonds is 54. The van der Waals surface area contributed by atoms with E-state index >= 15 is 0 Å². The van der Waals surface area contributed by atoms with E-state index in [0.29, 0.717) is 66.8 Å². The van der Waals surface area contributed by atoms with E-state index in [-0.39, 0.29) is 17.1 Å². The van der Waals surface area contributed by atoms with Gasteiger partial charge in [-0.25, -0.2) is 0 Å². The van der Waals surface area contributed by atoms with Gasteiger partial charge in [-0.2, -0.15) is 0 Å². The molecule has 0 aliphatic carbocycles. The fourth-order valence-corrected chi connectivity index (χ4v) is 16.9. The van der Waals surface area contributed by atoms with Gasteiger partial charge in [0.2, 0.25) is 0 Å². The summed E-state index contributed by atoms with van der Waals surface area (Å²) in [6.45, 7) is 20.0. The second kappa shape index (κ2) is 62.2. The third-order valence-electron chi connectivity index (χ3n) is 25.3. The third-order valence-corrected chi connectivity index (χ3v) is 25.3. The van der Waals surface area contributed by atoms with Crippen LogP contribution in [-0.4, -0.2) is 54.0 Å². The minimum atomic E-state index is -0.454. The van der Waals surface area contributed by atoms with Crippen molar-refractivity contribution in [1.82, 2.24) is 0 Å². The van der Waals surface area contributed by atoms with E-state index in [1.165, 1.54) is 285 Å². The first kappa shape index (κ1) is 106. The smallest absolute Gasteiger partial charge is 0.269 e. The molecule has 714 valence electrons. The Morgan fingerprint density at radius 1 is 0.188 bits per heavy atom. The monoisotopic (exact) mass is 1840 g/mol. The van der Waals surface area contributed by atoms with Gasteiger partial charge >= 0.3 is 0 Å². The molecule has 12 nitrogen and oxygen atoms in total. The van der Waals surface area contributed by atoms with E-state index in [4.69, 9.17) is 0 Å². The Kier molecular flexibility index (Phi) is 48.0. The minimum Gasteiger partial charge on any atom is -0.372 e. The number of non-ortho nitro benzene ring substituents is 3. The standard InChI is InChI=1S/C126H144N6O6/c1-7-13-19-25-31-37-97-127(98-38-32-26-20-14-8-2)115-79-61-109(62-80-115)58-49-103-43-52-106(53-44-103)73-91-121-124(94-76-112-67-85-118(86-68-112)130(133)134)122(92-74-107-54-45-104(46-55-107)50-59-110-63-81-116(82-64-110)128(99-39-33-27-21-15-9-3)100-40-34-28-22-16-10-4)126(96-78-114-71-89-120(90-72-114)132(137)138)123(125(121)95-77-113-69-87-119(88-70-113)131(135)136)93-75-108-56-47-105(48-57-108)51-60-111-65-83-117(84-66-111)129(101-41-35-29-23-17-11-5)102-42-36-30-24-18-12-6/h43-72,79-90H,7-42,97-102H2,1-6H3. The van der Waals surface area contributed by atoms with Crippen LogP contribution in [0.1, 0.15) is 373 Å². The van der Waals surface area contributed by atoms with E-state index in [2.05, 4.69) is 237 Å². The highest BCUT2D eigenvalue weighted by Crippen LogP contribution is 2.32. The van der Waals surface area contributed by atoms with E-state index < -0.39 is 14.8 Å². The summed E-state index contributed by atoms with van der Waals surface area (Å²) in [5.74, 6) is 41.7. The van der Waals surface area contributed by atoms with Gasteiger partial charge < -0.3 is 14.7 Å². The fraction of sp³-hybridized carbons (Fsp3) is 0.381. The van der Waals surface area contributed by atoms with Crippen LogP contribution >= 0.6 is 0 Å². The Bertz CT molecular complexity index is 5250. The lowest BCUT2D eigenvalue weighted by Gasteiger charge is -2.25. The zero-order valence-electron chi connectivity index (χ0n) is 83.1. The van der Waals surface area contributed by atoms with Crippen molar-refractivity contribution in [3.05, 3.63) is 349 Å². The minimum absolute atomic E-state index is 0.106. The lowest BCUT2D eigenvalue weighted by Crippen LogP contribution is -2.25. The summed E-state index contributed by atoms with van der Waals surface area (Å²) in [6, 6.07) is 68.9. The van der Waals surface area contributed by atoms with Crippen LogP contribution in [0.15, 0.2) is 218 Å². The molecule has 0 heterocycles. The molecule has 0 bridgehead atoms. The molecule has 12 heteroatoms. The SMILES string of the molecule is CCCCCCCCN(CCCCCCCC)c1ccc(C=Cc2ccc(C#Cc3c(C#Cc4ccc([N+](=O)[O-])cc4)c(C#Cc4ccc(C=Cc5ccc(N(CCCCCCCC)CCCCCCCC)cc5)cc4)c(C#Cc4ccc([N+](=O)[O-])cc4)c(C#Cc4ccc(C=Cc5ccc(N(CCCCCCCC)CCCCCCCC)cc5)cc4)c3C#Cc3ccc([N+](=O)[O-])cc3)cc2)cc1. The van der Waals surface area contributed by atoms with Crippen molar-refractivity contribution in [2.45, 2.75) is 273 Å². The highest BCUT2D eigenvalue weighted by molar-refractivity contribution is 5.80.